The van der Waals surface area contributed by atoms with Gasteiger partial charge in [-0.1, -0.05) is 38.8 Å². The largest absolute Gasteiger partial charge is 0.497 e. The molecule has 63 heavy (non-hydrogen) atoms. The van der Waals surface area contributed by atoms with Crippen molar-refractivity contribution < 1.29 is 64.1 Å². The average Bonchev–Trinajstić information content (AvgIpc) is 3.71. The van der Waals surface area contributed by atoms with Crippen molar-refractivity contribution in [3.8, 4) is 17.5 Å². The lowest BCUT2D eigenvalue weighted by Gasteiger charge is -2.34. The number of nitrogens with zero attached hydrogens (tertiary/aromatic N) is 2. The fourth-order valence-electron chi connectivity index (χ4n) is 8.36. The van der Waals surface area contributed by atoms with Gasteiger partial charge in [-0.3, -0.25) is 19.1 Å². The number of methoxy groups -OCH3 is 2. The molecule has 2 heterocycles. The number of alkyl carbamates (subject to hydrolysis) is 1. The number of aromatic nitrogens is 1. The zero-order valence-electron chi connectivity index (χ0n) is 36.5. The minimum atomic E-state index is -4.93. The first-order chi connectivity index (χ1) is 29.6. The SMILES string of the molecule is CC[C@H](C[C@@H](C)CC/C=C\[C@@H]1CCCC1C(=O)NS(=O)(=O)C1(CF)CC1)[C@H](NC(=O)OC(C)(C)C(F)(F)F)C(=O)N1C[C@H](Oc2nc(OC)cc3cc(OC)ccc23)C[C@H]1C(N)=O. The van der Waals surface area contributed by atoms with Gasteiger partial charge in [0, 0.05) is 23.8 Å². The number of halogens is 4. The van der Waals surface area contributed by atoms with Crippen LogP contribution in [0.25, 0.3) is 10.8 Å². The third-order valence-electron chi connectivity index (χ3n) is 12.6. The van der Waals surface area contributed by atoms with Gasteiger partial charge in [0.15, 0.2) is 0 Å². The number of sulfonamides is 1. The number of rotatable bonds is 20. The molecule has 0 radical (unpaired) electrons. The number of pyridine rings is 1. The lowest BCUT2D eigenvalue weighted by Crippen LogP contribution is -2.57. The van der Waals surface area contributed by atoms with E-state index in [0.29, 0.717) is 75.3 Å². The highest BCUT2D eigenvalue weighted by Gasteiger charge is 2.56. The standard InChI is InChI=1S/C43H59F4N5O10S/c1-7-26(19-25(2)11-8-9-12-27-13-10-14-31(27)37(54)51-63(57,58)42(24-44)17-18-42)35(50-40(56)62-41(3,4)43(45,46)47)39(55)52-23-30(22-33(52)36(48)53)61-38-32-16-15-29(59-5)20-28(32)21-34(49-38)60-6/h9,12,15-16,20-21,25-27,30-31,33,35H,7-8,10-11,13-14,17-19,22-24H2,1-6H3,(H2,48,53)(H,50,56)(H,51,54)/b12-9-/t25-,26+,27+,30+,31?,33-,35-/m0/s1. The van der Waals surface area contributed by atoms with E-state index in [1.165, 1.54) is 19.1 Å². The number of allylic oxidation sites excluding steroid dienone is 2. The zero-order chi connectivity index (χ0) is 46.5. The van der Waals surface area contributed by atoms with Crippen LogP contribution in [0.1, 0.15) is 91.9 Å². The number of likely N-dealkylation sites (tertiary alicyclic amines) is 1. The molecule has 1 aliphatic heterocycles. The number of hydrogen-bond acceptors (Lipinski definition) is 11. The van der Waals surface area contributed by atoms with Crippen LogP contribution in [-0.4, -0.2) is 104 Å². The smallest absolute Gasteiger partial charge is 0.427 e. The second kappa shape index (κ2) is 19.9. The summed E-state index contributed by atoms with van der Waals surface area (Å²) in [4.78, 5) is 59.3. The second-order valence-electron chi connectivity index (χ2n) is 17.5. The minimum Gasteiger partial charge on any atom is -0.497 e. The predicted octanol–water partition coefficient (Wildman–Crippen LogP) is 6.27. The van der Waals surface area contributed by atoms with E-state index in [4.69, 9.17) is 24.7 Å². The Morgan fingerprint density at radius 1 is 1.10 bits per heavy atom. The van der Waals surface area contributed by atoms with Gasteiger partial charge in [-0.2, -0.15) is 18.2 Å². The van der Waals surface area contributed by atoms with Gasteiger partial charge in [-0.05, 0) is 100 Å². The van der Waals surface area contributed by atoms with Gasteiger partial charge in [-0.15, -0.1) is 0 Å². The molecular formula is C43H59F4N5O10S. The molecule has 20 heteroatoms. The van der Waals surface area contributed by atoms with Gasteiger partial charge >= 0.3 is 12.3 Å². The molecule has 2 aromatic rings. The number of carbonyl (C=O) groups is 4. The maximum Gasteiger partial charge on any atom is 0.427 e. The molecule has 1 saturated heterocycles. The van der Waals surface area contributed by atoms with Gasteiger partial charge < -0.3 is 34.9 Å². The van der Waals surface area contributed by atoms with E-state index >= 15 is 0 Å². The summed E-state index contributed by atoms with van der Waals surface area (Å²) in [5.41, 5.74) is 2.92. The summed E-state index contributed by atoms with van der Waals surface area (Å²) in [6.07, 6.45) is 0.463. The van der Waals surface area contributed by atoms with E-state index < -0.39 is 87.1 Å². The number of benzene rings is 1. The van der Waals surface area contributed by atoms with Gasteiger partial charge in [0.2, 0.25) is 45.1 Å². The number of fused-ring (bicyclic) bond motifs is 1. The maximum absolute atomic E-state index is 14.6. The number of nitrogens with one attached hydrogen (secondary N) is 2. The predicted molar refractivity (Wildman–Crippen MR) is 224 cm³/mol. The Labute approximate surface area is 365 Å². The first-order valence-electron chi connectivity index (χ1n) is 21.2. The van der Waals surface area contributed by atoms with Crippen LogP contribution in [0, 0.1) is 23.7 Å². The highest BCUT2D eigenvalue weighted by Crippen LogP contribution is 2.44. The van der Waals surface area contributed by atoms with Gasteiger partial charge in [0.05, 0.1) is 20.8 Å². The summed E-state index contributed by atoms with van der Waals surface area (Å²) in [6.45, 7) is 3.84. The quantitative estimate of drug-likeness (QED) is 0.0997. The summed E-state index contributed by atoms with van der Waals surface area (Å²) < 4.78 is 103. The molecular weight excluding hydrogens is 855 g/mol. The van der Waals surface area contributed by atoms with E-state index in [2.05, 4.69) is 15.0 Å². The molecule has 3 aliphatic rings. The van der Waals surface area contributed by atoms with Crippen molar-refractivity contribution in [1.82, 2.24) is 19.9 Å². The molecule has 2 saturated carbocycles. The highest BCUT2D eigenvalue weighted by atomic mass is 32.2. The highest BCUT2D eigenvalue weighted by molar-refractivity contribution is 7.91. The van der Waals surface area contributed by atoms with Crippen LogP contribution in [0.2, 0.25) is 0 Å². The van der Waals surface area contributed by atoms with Crippen molar-refractivity contribution in [3.05, 3.63) is 36.4 Å². The Morgan fingerprint density at radius 3 is 2.41 bits per heavy atom. The van der Waals surface area contributed by atoms with Gasteiger partial charge in [-0.25, -0.2) is 17.6 Å². The number of alkyl halides is 4. The maximum atomic E-state index is 14.6. The van der Waals surface area contributed by atoms with Crippen LogP contribution in [0.3, 0.4) is 0 Å². The van der Waals surface area contributed by atoms with Crippen LogP contribution in [0.15, 0.2) is 36.4 Å². The molecule has 3 fully saturated rings. The third kappa shape index (κ3) is 11.4. The van der Waals surface area contributed by atoms with Crippen molar-refractivity contribution in [2.45, 2.75) is 127 Å². The molecule has 5 rings (SSSR count). The lowest BCUT2D eigenvalue weighted by molar-refractivity contribution is -0.244. The van der Waals surface area contributed by atoms with Crippen molar-refractivity contribution in [3.63, 3.8) is 0 Å². The lowest BCUT2D eigenvalue weighted by atomic mass is 9.84. The Kier molecular flexibility index (Phi) is 15.5. The Bertz CT molecular complexity index is 2130. The van der Waals surface area contributed by atoms with Gasteiger partial charge in [0.1, 0.15) is 35.4 Å². The molecule has 2 aliphatic carbocycles. The number of nitrogens with two attached hydrogens (primary N) is 1. The summed E-state index contributed by atoms with van der Waals surface area (Å²) in [5, 5.41) is 3.66. The van der Waals surface area contributed by atoms with Crippen molar-refractivity contribution in [2.24, 2.45) is 29.4 Å². The number of amides is 4. The zero-order valence-corrected chi connectivity index (χ0v) is 37.3. The van der Waals surface area contributed by atoms with Crippen LogP contribution in [0.4, 0.5) is 22.4 Å². The van der Waals surface area contributed by atoms with Crippen LogP contribution < -0.4 is 30.0 Å². The van der Waals surface area contributed by atoms with Crippen molar-refractivity contribution in [2.75, 3.05) is 27.4 Å². The Hall–Kier alpha value is -4.88. The average molecular weight is 914 g/mol. The number of carbonyl (C=O) groups excluding carboxylic acids is 4. The Morgan fingerprint density at radius 2 is 1.81 bits per heavy atom. The van der Waals surface area contributed by atoms with Crippen LogP contribution in [-0.2, 0) is 29.1 Å². The topological polar surface area (TPSA) is 206 Å². The Balaban J connectivity index is 1.30. The molecule has 1 aromatic carbocycles. The fraction of sp³-hybridized carbons (Fsp3) is 0.651. The third-order valence-corrected chi connectivity index (χ3v) is 14.7. The molecule has 1 aromatic heterocycles. The van der Waals surface area contributed by atoms with Crippen LogP contribution >= 0.6 is 0 Å². The van der Waals surface area contributed by atoms with E-state index in [0.717, 1.165) is 0 Å². The molecule has 0 spiro atoms. The van der Waals surface area contributed by atoms with Crippen molar-refractivity contribution in [1.29, 1.82) is 0 Å². The fourth-order valence-corrected chi connectivity index (χ4v) is 9.78. The minimum absolute atomic E-state index is 0.0485. The summed E-state index contributed by atoms with van der Waals surface area (Å²) in [7, 11) is -1.19. The molecule has 350 valence electrons. The monoisotopic (exact) mass is 913 g/mol. The first kappa shape index (κ1) is 49.1. The summed E-state index contributed by atoms with van der Waals surface area (Å²) in [5.74, 6) is -2.85. The summed E-state index contributed by atoms with van der Waals surface area (Å²) >= 11 is 0. The normalized spacial score (nSPS) is 22.6. The number of primary amides is 1. The van der Waals surface area contributed by atoms with E-state index in [-0.39, 0.29) is 49.4 Å². The van der Waals surface area contributed by atoms with Gasteiger partial charge in [0.25, 0.3) is 0 Å². The molecule has 4 N–H and O–H groups in total. The first-order valence-corrected chi connectivity index (χ1v) is 22.7. The molecule has 4 amide bonds. The summed E-state index contributed by atoms with van der Waals surface area (Å²) in [6, 6.07) is 4.24. The van der Waals surface area contributed by atoms with E-state index in [9.17, 15) is 45.2 Å². The number of hydrogen-bond donors (Lipinski definition) is 3. The van der Waals surface area contributed by atoms with E-state index in [1.54, 1.807) is 31.2 Å². The molecule has 15 nitrogen and oxygen atoms in total. The molecule has 0 bridgehead atoms. The molecule has 7 atom stereocenters. The molecule has 1 unspecified atom stereocenters. The van der Waals surface area contributed by atoms with E-state index in [1.807, 2.05) is 19.1 Å². The van der Waals surface area contributed by atoms with Crippen molar-refractivity contribution >= 4 is 44.6 Å². The van der Waals surface area contributed by atoms with Crippen LogP contribution in [0.5, 0.6) is 17.5 Å². The number of ether oxygens (including phenoxy) is 4. The second-order valence-corrected chi connectivity index (χ2v) is 19.5.